The van der Waals surface area contributed by atoms with Crippen molar-refractivity contribution in [2.75, 3.05) is 33.3 Å². The van der Waals surface area contributed by atoms with Crippen LogP contribution in [0.5, 0.6) is 5.75 Å². The maximum Gasteiger partial charge on any atom is 0.409 e. The van der Waals surface area contributed by atoms with Gasteiger partial charge in [0.25, 0.3) is 5.91 Å². The van der Waals surface area contributed by atoms with Crippen molar-refractivity contribution in [2.45, 2.75) is 26.4 Å². The fourth-order valence-corrected chi connectivity index (χ4v) is 2.82. The van der Waals surface area contributed by atoms with Crippen LogP contribution in [0.1, 0.15) is 30.6 Å². The van der Waals surface area contributed by atoms with Gasteiger partial charge in [-0.2, -0.15) is 0 Å². The van der Waals surface area contributed by atoms with Crippen LogP contribution >= 0.6 is 11.6 Å². The summed E-state index contributed by atoms with van der Waals surface area (Å²) in [5.74, 6) is 0.468. The number of rotatable bonds is 3. The average molecular weight is 355 g/mol. The summed E-state index contributed by atoms with van der Waals surface area (Å²) in [7, 11) is 1.36. The molecule has 0 unspecified atom stereocenters. The van der Waals surface area contributed by atoms with Crippen LogP contribution in [-0.4, -0.2) is 61.2 Å². The zero-order chi connectivity index (χ0) is 17.7. The minimum Gasteiger partial charge on any atom is -0.489 e. The molecule has 1 aromatic carbocycles. The molecule has 132 valence electrons. The first-order chi connectivity index (χ1) is 11.4. The minimum atomic E-state index is -0.359. The van der Waals surface area contributed by atoms with Crippen LogP contribution < -0.4 is 4.74 Å². The van der Waals surface area contributed by atoms with Crippen LogP contribution in [0.2, 0.25) is 5.02 Å². The van der Waals surface area contributed by atoms with E-state index in [2.05, 4.69) is 0 Å². The molecule has 1 heterocycles. The molecule has 24 heavy (non-hydrogen) atoms. The average Bonchev–Trinajstić information content (AvgIpc) is 2.81. The van der Waals surface area contributed by atoms with Gasteiger partial charge >= 0.3 is 6.09 Å². The minimum absolute atomic E-state index is 0.0129. The second-order valence-corrected chi connectivity index (χ2v) is 6.32. The van der Waals surface area contributed by atoms with Crippen LogP contribution in [0.15, 0.2) is 18.2 Å². The summed E-state index contributed by atoms with van der Waals surface area (Å²) in [5.41, 5.74) is 0.516. The first-order valence-electron chi connectivity index (χ1n) is 8.00. The van der Waals surface area contributed by atoms with Gasteiger partial charge in [-0.05, 0) is 38.5 Å². The molecule has 0 bridgehead atoms. The van der Waals surface area contributed by atoms with Crippen LogP contribution in [0.25, 0.3) is 0 Å². The first kappa shape index (κ1) is 18.4. The highest BCUT2D eigenvalue weighted by atomic mass is 35.5. The maximum atomic E-state index is 12.7. The van der Waals surface area contributed by atoms with Gasteiger partial charge in [0, 0.05) is 31.7 Å². The Morgan fingerprint density at radius 2 is 1.79 bits per heavy atom. The van der Waals surface area contributed by atoms with Crippen molar-refractivity contribution in [3.63, 3.8) is 0 Å². The van der Waals surface area contributed by atoms with Gasteiger partial charge in [-0.15, -0.1) is 0 Å². The van der Waals surface area contributed by atoms with Gasteiger partial charge in [0.2, 0.25) is 0 Å². The molecule has 1 aromatic rings. The van der Waals surface area contributed by atoms with Crippen molar-refractivity contribution in [1.82, 2.24) is 9.80 Å². The van der Waals surface area contributed by atoms with Crippen molar-refractivity contribution in [2.24, 2.45) is 0 Å². The van der Waals surface area contributed by atoms with Gasteiger partial charge in [-0.3, -0.25) is 4.79 Å². The lowest BCUT2D eigenvalue weighted by atomic mass is 10.2. The first-order valence-corrected chi connectivity index (χ1v) is 8.38. The number of hydrogen-bond donors (Lipinski definition) is 0. The van der Waals surface area contributed by atoms with E-state index in [1.807, 2.05) is 13.8 Å². The monoisotopic (exact) mass is 354 g/mol. The lowest BCUT2D eigenvalue weighted by molar-refractivity contribution is 0.0757. The molecule has 0 aliphatic carbocycles. The van der Waals surface area contributed by atoms with Crippen LogP contribution in [-0.2, 0) is 4.74 Å². The Labute approximate surface area is 147 Å². The maximum absolute atomic E-state index is 12.7. The van der Waals surface area contributed by atoms with Gasteiger partial charge in [0.05, 0.1) is 18.2 Å². The Balaban J connectivity index is 2.06. The second-order valence-electron chi connectivity index (χ2n) is 5.91. The number of hydrogen-bond acceptors (Lipinski definition) is 4. The van der Waals surface area contributed by atoms with Crippen molar-refractivity contribution in [3.05, 3.63) is 28.8 Å². The lowest BCUT2D eigenvalue weighted by Crippen LogP contribution is -2.37. The molecule has 1 saturated heterocycles. The van der Waals surface area contributed by atoms with Gasteiger partial charge in [0.1, 0.15) is 5.75 Å². The molecule has 0 atom stereocenters. The summed E-state index contributed by atoms with van der Waals surface area (Å²) in [6, 6.07) is 5.06. The van der Waals surface area contributed by atoms with Crippen molar-refractivity contribution in [3.8, 4) is 5.75 Å². The van der Waals surface area contributed by atoms with Crippen LogP contribution in [0, 0.1) is 0 Å². The summed E-state index contributed by atoms with van der Waals surface area (Å²) in [6.45, 7) is 5.93. The smallest absolute Gasteiger partial charge is 0.409 e. The highest BCUT2D eigenvalue weighted by Gasteiger charge is 2.23. The Hall–Kier alpha value is -1.95. The summed E-state index contributed by atoms with van der Waals surface area (Å²) in [6.07, 6.45) is 0.366. The van der Waals surface area contributed by atoms with E-state index in [1.54, 1.807) is 28.0 Å². The highest BCUT2D eigenvalue weighted by molar-refractivity contribution is 6.32. The number of halogens is 1. The standard InChI is InChI=1S/C17H23ClN2O4/c1-12(2)24-15-6-5-13(11-14(15)18)16(21)19-7-4-8-20(10-9-19)17(22)23-3/h5-6,11-12H,4,7-10H2,1-3H3. The number of carbonyl (C=O) groups is 2. The molecule has 7 heteroatoms. The van der Waals surface area contributed by atoms with Gasteiger partial charge in [0.15, 0.2) is 0 Å². The molecule has 0 aromatic heterocycles. The Morgan fingerprint density at radius 1 is 1.12 bits per heavy atom. The third-order valence-corrected chi connectivity index (χ3v) is 4.05. The van der Waals surface area contributed by atoms with Crippen molar-refractivity contribution in [1.29, 1.82) is 0 Å². The van der Waals surface area contributed by atoms with Crippen molar-refractivity contribution < 1.29 is 19.1 Å². The second kappa shape index (κ2) is 8.24. The molecule has 2 rings (SSSR count). The molecular formula is C17H23ClN2O4. The molecule has 2 amide bonds. The highest BCUT2D eigenvalue weighted by Crippen LogP contribution is 2.27. The number of methoxy groups -OCH3 is 1. The van der Waals surface area contributed by atoms with E-state index in [9.17, 15) is 9.59 Å². The van der Waals surface area contributed by atoms with E-state index in [1.165, 1.54) is 7.11 Å². The number of benzene rings is 1. The van der Waals surface area contributed by atoms with Gasteiger partial charge < -0.3 is 19.3 Å². The Morgan fingerprint density at radius 3 is 2.42 bits per heavy atom. The van der Waals surface area contributed by atoms with E-state index in [0.29, 0.717) is 48.9 Å². The molecule has 1 aliphatic heterocycles. The summed E-state index contributed by atoms with van der Waals surface area (Å²) in [4.78, 5) is 27.6. The van der Waals surface area contributed by atoms with E-state index >= 15 is 0 Å². The van der Waals surface area contributed by atoms with E-state index < -0.39 is 0 Å². The van der Waals surface area contributed by atoms with E-state index in [0.717, 1.165) is 0 Å². The molecule has 1 aliphatic rings. The summed E-state index contributed by atoms with van der Waals surface area (Å²) >= 11 is 6.21. The topological polar surface area (TPSA) is 59.1 Å². The fourth-order valence-electron chi connectivity index (χ4n) is 2.60. The molecule has 1 fully saturated rings. The number of carbonyl (C=O) groups excluding carboxylic acids is 2. The van der Waals surface area contributed by atoms with Crippen LogP contribution in [0.3, 0.4) is 0 Å². The largest absolute Gasteiger partial charge is 0.489 e. The number of nitrogens with zero attached hydrogens (tertiary/aromatic N) is 2. The molecule has 0 spiro atoms. The van der Waals surface area contributed by atoms with E-state index in [4.69, 9.17) is 21.1 Å². The molecule has 0 saturated carbocycles. The quantitative estimate of drug-likeness (QED) is 0.837. The normalized spacial score (nSPS) is 15.2. The van der Waals surface area contributed by atoms with Crippen LogP contribution in [0.4, 0.5) is 4.79 Å². The third kappa shape index (κ3) is 4.54. The Kier molecular flexibility index (Phi) is 6.31. The SMILES string of the molecule is COC(=O)N1CCCN(C(=O)c2ccc(OC(C)C)c(Cl)c2)CC1. The zero-order valence-electron chi connectivity index (χ0n) is 14.3. The summed E-state index contributed by atoms with van der Waals surface area (Å²) < 4.78 is 10.3. The predicted molar refractivity (Wildman–Crippen MR) is 91.7 cm³/mol. The third-order valence-electron chi connectivity index (χ3n) is 3.76. The van der Waals surface area contributed by atoms with Gasteiger partial charge in [-0.25, -0.2) is 4.79 Å². The van der Waals surface area contributed by atoms with E-state index in [-0.39, 0.29) is 18.1 Å². The number of amides is 2. The molecule has 6 nitrogen and oxygen atoms in total. The molecular weight excluding hydrogens is 332 g/mol. The summed E-state index contributed by atoms with van der Waals surface area (Å²) in [5, 5.41) is 0.417. The molecule has 0 radical (unpaired) electrons. The Bertz CT molecular complexity index is 606. The predicted octanol–water partition coefficient (Wildman–Crippen LogP) is 3.04. The molecule has 0 N–H and O–H groups in total. The lowest BCUT2D eigenvalue weighted by Gasteiger charge is -2.22. The van der Waals surface area contributed by atoms with Crippen molar-refractivity contribution >= 4 is 23.6 Å². The fraction of sp³-hybridized carbons (Fsp3) is 0.529. The van der Waals surface area contributed by atoms with Gasteiger partial charge in [-0.1, -0.05) is 11.6 Å². The number of ether oxygens (including phenoxy) is 2. The zero-order valence-corrected chi connectivity index (χ0v) is 15.0.